The second-order valence-corrected chi connectivity index (χ2v) is 9.83. The Balaban J connectivity index is 1.51. The number of carbonyl (C=O) groups is 2. The van der Waals surface area contributed by atoms with Crippen molar-refractivity contribution in [1.29, 1.82) is 0 Å². The zero-order chi connectivity index (χ0) is 24.8. The lowest BCUT2D eigenvalue weighted by Crippen LogP contribution is -2.48. The second-order valence-electron chi connectivity index (χ2n) is 8.42. The van der Waals surface area contributed by atoms with Crippen molar-refractivity contribution in [2.24, 2.45) is 0 Å². The zero-order valence-electron chi connectivity index (χ0n) is 19.9. The number of ether oxygens (including phenoxy) is 2. The molecule has 0 N–H and O–H groups in total. The number of nitrogens with zero attached hydrogens (tertiary/aromatic N) is 2. The number of halogens is 1. The minimum atomic E-state index is -0.308. The number of thiophene rings is 1. The first-order valence-electron chi connectivity index (χ1n) is 11.5. The second kappa shape index (κ2) is 11.7. The summed E-state index contributed by atoms with van der Waals surface area (Å²) in [6, 6.07) is 10.6. The Hall–Kier alpha value is -2.81. The van der Waals surface area contributed by atoms with E-state index in [0.717, 1.165) is 17.5 Å². The number of hydrogen-bond donors (Lipinski definition) is 0. The minimum absolute atomic E-state index is 0.0424. The van der Waals surface area contributed by atoms with Crippen molar-refractivity contribution < 1.29 is 23.5 Å². The fourth-order valence-corrected chi connectivity index (χ4v) is 5.26. The highest BCUT2D eigenvalue weighted by molar-refractivity contribution is 7.10. The zero-order valence-corrected chi connectivity index (χ0v) is 21.4. The Bertz CT molecular complexity index is 1150. The number of rotatable bonds is 10. The summed E-state index contributed by atoms with van der Waals surface area (Å²) in [6.07, 6.45) is 2.86. The average molecular weight is 517 g/mol. The van der Waals surface area contributed by atoms with Gasteiger partial charge in [-0.1, -0.05) is 11.6 Å². The van der Waals surface area contributed by atoms with Crippen molar-refractivity contribution in [2.75, 3.05) is 40.0 Å². The van der Waals surface area contributed by atoms with Gasteiger partial charge in [-0.25, -0.2) is 0 Å². The minimum Gasteiger partial charge on any atom is -0.491 e. The molecule has 0 saturated heterocycles. The monoisotopic (exact) mass is 516 g/mol. The number of carbonyl (C=O) groups excluding carboxylic acids is 2. The van der Waals surface area contributed by atoms with Crippen LogP contribution in [0.15, 0.2) is 52.5 Å². The third-order valence-electron chi connectivity index (χ3n) is 6.07. The molecule has 1 aromatic carbocycles. The summed E-state index contributed by atoms with van der Waals surface area (Å²) >= 11 is 7.85. The van der Waals surface area contributed by atoms with Gasteiger partial charge in [-0.15, -0.1) is 11.3 Å². The van der Waals surface area contributed by atoms with Crippen molar-refractivity contribution in [3.8, 4) is 5.75 Å². The Morgan fingerprint density at radius 1 is 1.29 bits per heavy atom. The van der Waals surface area contributed by atoms with Crippen LogP contribution in [0.25, 0.3) is 0 Å². The molecule has 0 saturated carbocycles. The smallest absolute Gasteiger partial charge is 0.290 e. The van der Waals surface area contributed by atoms with Crippen LogP contribution in [0, 0.1) is 6.92 Å². The third-order valence-corrected chi connectivity index (χ3v) is 7.49. The number of methoxy groups -OCH3 is 1. The number of amides is 2. The van der Waals surface area contributed by atoms with Crippen LogP contribution in [0.1, 0.15) is 39.0 Å². The van der Waals surface area contributed by atoms with Crippen LogP contribution in [0.3, 0.4) is 0 Å². The van der Waals surface area contributed by atoms with E-state index in [4.69, 9.17) is 25.5 Å². The Labute approximate surface area is 214 Å². The Kier molecular flexibility index (Phi) is 8.49. The van der Waals surface area contributed by atoms with Crippen molar-refractivity contribution in [2.45, 2.75) is 25.8 Å². The average Bonchev–Trinajstić information content (AvgIpc) is 3.56. The first-order chi connectivity index (χ1) is 17.0. The van der Waals surface area contributed by atoms with E-state index in [1.807, 2.05) is 30.0 Å². The molecule has 0 radical (unpaired) electrons. The van der Waals surface area contributed by atoms with Gasteiger partial charge in [0.25, 0.3) is 5.91 Å². The molecule has 4 rings (SSSR count). The van der Waals surface area contributed by atoms with E-state index in [1.165, 1.54) is 16.0 Å². The molecule has 2 amide bonds. The van der Waals surface area contributed by atoms with Crippen LogP contribution in [-0.2, 0) is 16.0 Å². The summed E-state index contributed by atoms with van der Waals surface area (Å²) in [5, 5.41) is 2.73. The van der Waals surface area contributed by atoms with Gasteiger partial charge in [0, 0.05) is 36.7 Å². The highest BCUT2D eigenvalue weighted by Crippen LogP contribution is 2.34. The molecule has 1 aliphatic heterocycles. The maximum Gasteiger partial charge on any atom is 0.290 e. The summed E-state index contributed by atoms with van der Waals surface area (Å²) in [5.74, 6) is 0.486. The van der Waals surface area contributed by atoms with E-state index in [2.05, 4.69) is 11.4 Å². The molecular weight excluding hydrogens is 488 g/mol. The van der Waals surface area contributed by atoms with Gasteiger partial charge in [0.1, 0.15) is 18.9 Å². The molecule has 7 nitrogen and oxygen atoms in total. The predicted octanol–water partition coefficient (Wildman–Crippen LogP) is 4.99. The molecule has 0 fully saturated rings. The standard InChI is InChI=1S/C26H29ClN2O5S/c1-18-15-19(6-7-21(18)27)34-17-22-20-9-14-35-24(20)8-11-29(22)25(30)16-28(10-4-12-32-2)26(31)23-5-3-13-33-23/h3,5-7,9,13-15,22H,4,8,10-12,16-17H2,1-2H3/t22-/m1/s1. The summed E-state index contributed by atoms with van der Waals surface area (Å²) in [4.78, 5) is 31.2. The molecular formula is C26H29ClN2O5S. The van der Waals surface area contributed by atoms with Gasteiger partial charge in [0.05, 0.1) is 12.3 Å². The lowest BCUT2D eigenvalue weighted by Gasteiger charge is -2.37. The molecule has 2 aromatic heterocycles. The van der Waals surface area contributed by atoms with Crippen molar-refractivity contribution >= 4 is 34.8 Å². The fraction of sp³-hybridized carbons (Fsp3) is 0.385. The first-order valence-corrected chi connectivity index (χ1v) is 12.8. The van der Waals surface area contributed by atoms with E-state index in [1.54, 1.807) is 30.6 Å². The summed E-state index contributed by atoms with van der Waals surface area (Å²) in [7, 11) is 1.61. The first kappa shape index (κ1) is 25.3. The predicted molar refractivity (Wildman–Crippen MR) is 135 cm³/mol. The van der Waals surface area contributed by atoms with E-state index in [-0.39, 0.29) is 30.2 Å². The summed E-state index contributed by atoms with van der Waals surface area (Å²) in [5.41, 5.74) is 2.03. The normalized spacial score (nSPS) is 15.1. The van der Waals surface area contributed by atoms with Gasteiger partial charge in [-0.05, 0) is 72.7 Å². The molecule has 186 valence electrons. The number of benzene rings is 1. The van der Waals surface area contributed by atoms with Crippen LogP contribution in [0.4, 0.5) is 0 Å². The topological polar surface area (TPSA) is 72.2 Å². The van der Waals surface area contributed by atoms with E-state index in [9.17, 15) is 9.59 Å². The van der Waals surface area contributed by atoms with E-state index >= 15 is 0 Å². The van der Waals surface area contributed by atoms with E-state index < -0.39 is 0 Å². The van der Waals surface area contributed by atoms with Crippen LogP contribution < -0.4 is 4.74 Å². The van der Waals surface area contributed by atoms with Gasteiger partial charge >= 0.3 is 0 Å². The van der Waals surface area contributed by atoms with Gasteiger partial charge in [0.15, 0.2) is 5.76 Å². The van der Waals surface area contributed by atoms with Gasteiger partial charge in [-0.2, -0.15) is 0 Å². The van der Waals surface area contributed by atoms with Crippen LogP contribution >= 0.6 is 22.9 Å². The highest BCUT2D eigenvalue weighted by Gasteiger charge is 2.34. The van der Waals surface area contributed by atoms with Crippen molar-refractivity contribution in [1.82, 2.24) is 9.80 Å². The number of fused-ring (bicyclic) bond motifs is 1. The summed E-state index contributed by atoms with van der Waals surface area (Å²) in [6.45, 7) is 3.65. The quantitative estimate of drug-likeness (QED) is 0.355. The van der Waals surface area contributed by atoms with Crippen molar-refractivity contribution in [3.63, 3.8) is 0 Å². The van der Waals surface area contributed by atoms with Crippen molar-refractivity contribution in [3.05, 3.63) is 74.8 Å². The lowest BCUT2D eigenvalue weighted by atomic mass is 10.0. The molecule has 1 aliphatic rings. The van der Waals surface area contributed by atoms with Gasteiger partial charge < -0.3 is 23.7 Å². The van der Waals surface area contributed by atoms with Crippen LogP contribution in [0.5, 0.6) is 5.75 Å². The molecule has 0 spiro atoms. The summed E-state index contributed by atoms with van der Waals surface area (Å²) < 4.78 is 16.6. The molecule has 1 atom stereocenters. The van der Waals surface area contributed by atoms with E-state index in [0.29, 0.717) is 43.5 Å². The molecule has 0 unspecified atom stereocenters. The molecule has 3 aromatic rings. The molecule has 35 heavy (non-hydrogen) atoms. The van der Waals surface area contributed by atoms with Crippen LogP contribution in [-0.4, -0.2) is 61.6 Å². The molecule has 0 aliphatic carbocycles. The largest absolute Gasteiger partial charge is 0.491 e. The highest BCUT2D eigenvalue weighted by atomic mass is 35.5. The maximum atomic E-state index is 13.6. The number of hydrogen-bond acceptors (Lipinski definition) is 6. The number of aryl methyl sites for hydroxylation is 1. The number of furan rings is 1. The Morgan fingerprint density at radius 3 is 2.89 bits per heavy atom. The Morgan fingerprint density at radius 2 is 2.14 bits per heavy atom. The lowest BCUT2D eigenvalue weighted by molar-refractivity contribution is -0.135. The molecule has 3 heterocycles. The van der Waals surface area contributed by atoms with Gasteiger partial charge in [-0.3, -0.25) is 9.59 Å². The molecule has 9 heteroatoms. The maximum absolute atomic E-state index is 13.6. The fourth-order valence-electron chi connectivity index (χ4n) is 4.22. The third kappa shape index (κ3) is 6.07. The van der Waals surface area contributed by atoms with Crippen LogP contribution in [0.2, 0.25) is 5.02 Å². The molecule has 0 bridgehead atoms. The SMILES string of the molecule is COCCCN(CC(=O)N1CCc2sccc2[C@H]1COc1ccc(Cl)c(C)c1)C(=O)c1ccco1. The van der Waals surface area contributed by atoms with Gasteiger partial charge in [0.2, 0.25) is 5.91 Å².